The Balaban J connectivity index is -0.000000826. The molecule has 0 rings (SSSR count). The summed E-state index contributed by atoms with van der Waals surface area (Å²) in [5.41, 5.74) is 6.30. The van der Waals surface area contributed by atoms with E-state index in [9.17, 15) is 0 Å². The van der Waals surface area contributed by atoms with E-state index < -0.39 is 0 Å². The second kappa shape index (κ2) is 15.6. The second-order valence-corrected chi connectivity index (χ2v) is 4.45. The van der Waals surface area contributed by atoms with Gasteiger partial charge in [-0.25, -0.2) is 0 Å². The standard InChI is InChI=1S/C17H25N.2C2H6/c1-9-10-14(6)16(12(2)3)17(13(4)5)15(7)11-18-8;2*1-2/h9-11,18H,2,4,6H2,1,3,5,7-8H3;2*1-2H3/b10-9-,15-11-,17-16+;;. The van der Waals surface area contributed by atoms with E-state index in [0.29, 0.717) is 0 Å². The molecular formula is C21H37N. The maximum Gasteiger partial charge on any atom is 0.00278 e. The van der Waals surface area contributed by atoms with Crippen molar-refractivity contribution in [1.29, 1.82) is 0 Å². The Hall–Kier alpha value is -1.76. The van der Waals surface area contributed by atoms with Gasteiger partial charge in [0.05, 0.1) is 0 Å². The van der Waals surface area contributed by atoms with Crippen molar-refractivity contribution in [2.75, 3.05) is 7.05 Å². The zero-order chi connectivity index (χ0) is 18.3. The van der Waals surface area contributed by atoms with Gasteiger partial charge >= 0.3 is 0 Å². The third-order valence-electron chi connectivity index (χ3n) is 2.55. The van der Waals surface area contributed by atoms with Crippen molar-refractivity contribution in [2.24, 2.45) is 0 Å². The van der Waals surface area contributed by atoms with Crippen molar-refractivity contribution in [3.8, 4) is 0 Å². The third-order valence-corrected chi connectivity index (χ3v) is 2.55. The highest BCUT2D eigenvalue weighted by molar-refractivity contribution is 5.61. The van der Waals surface area contributed by atoms with Crippen LogP contribution in [0.2, 0.25) is 0 Å². The monoisotopic (exact) mass is 303 g/mol. The van der Waals surface area contributed by atoms with Crippen molar-refractivity contribution < 1.29 is 0 Å². The Kier molecular flexibility index (Phi) is 17.9. The van der Waals surface area contributed by atoms with Gasteiger partial charge in [0.2, 0.25) is 0 Å². The molecule has 126 valence electrons. The summed E-state index contributed by atoms with van der Waals surface area (Å²) in [6.07, 6.45) is 5.95. The van der Waals surface area contributed by atoms with E-state index in [-0.39, 0.29) is 0 Å². The van der Waals surface area contributed by atoms with Crippen LogP contribution in [-0.4, -0.2) is 7.05 Å². The van der Waals surface area contributed by atoms with Crippen LogP contribution in [0.3, 0.4) is 0 Å². The zero-order valence-corrected chi connectivity index (χ0v) is 16.4. The Labute approximate surface area is 139 Å². The first-order valence-electron chi connectivity index (χ1n) is 8.09. The molecule has 0 heterocycles. The number of hydrogen-bond donors (Lipinski definition) is 1. The van der Waals surface area contributed by atoms with Gasteiger partial charge in [0.25, 0.3) is 0 Å². The van der Waals surface area contributed by atoms with Crippen LogP contribution in [-0.2, 0) is 0 Å². The van der Waals surface area contributed by atoms with Crippen LogP contribution in [0.1, 0.15) is 55.4 Å². The largest absolute Gasteiger partial charge is 0.394 e. The second-order valence-electron chi connectivity index (χ2n) is 4.45. The number of nitrogens with one attached hydrogen (secondary N) is 1. The fraction of sp³-hybridized carbons (Fsp3) is 0.429. The highest BCUT2D eigenvalue weighted by Crippen LogP contribution is 2.30. The summed E-state index contributed by atoms with van der Waals surface area (Å²) in [5.74, 6) is 0. The normalized spacial score (nSPS) is 11.4. The molecular weight excluding hydrogens is 266 g/mol. The Morgan fingerprint density at radius 3 is 1.50 bits per heavy atom. The van der Waals surface area contributed by atoms with E-state index >= 15 is 0 Å². The Morgan fingerprint density at radius 2 is 1.23 bits per heavy atom. The van der Waals surface area contributed by atoms with Crippen molar-refractivity contribution in [3.05, 3.63) is 71.5 Å². The molecule has 0 aliphatic carbocycles. The molecule has 0 aliphatic heterocycles. The van der Waals surface area contributed by atoms with Crippen LogP contribution in [0.4, 0.5) is 0 Å². The van der Waals surface area contributed by atoms with E-state index in [1.165, 1.54) is 0 Å². The molecule has 0 saturated carbocycles. The molecule has 1 N–H and O–H groups in total. The smallest absolute Gasteiger partial charge is 0.00278 e. The van der Waals surface area contributed by atoms with Gasteiger partial charge in [-0.2, -0.15) is 0 Å². The van der Waals surface area contributed by atoms with Gasteiger partial charge in [-0.15, -0.1) is 0 Å². The Bertz CT molecular complexity index is 421. The number of allylic oxidation sites excluding steroid dienone is 8. The van der Waals surface area contributed by atoms with E-state index in [2.05, 4.69) is 32.0 Å². The molecule has 1 heteroatoms. The quantitative estimate of drug-likeness (QED) is 0.535. The molecule has 0 amide bonds. The first kappa shape index (κ1) is 25.2. The first-order chi connectivity index (χ1) is 10.4. The molecule has 0 aromatic heterocycles. The highest BCUT2D eigenvalue weighted by atomic mass is 14.8. The van der Waals surface area contributed by atoms with Gasteiger partial charge in [-0.05, 0) is 61.8 Å². The minimum Gasteiger partial charge on any atom is -0.394 e. The van der Waals surface area contributed by atoms with Crippen molar-refractivity contribution in [3.63, 3.8) is 0 Å². The molecule has 0 unspecified atom stereocenters. The number of rotatable bonds is 6. The fourth-order valence-electron chi connectivity index (χ4n) is 1.97. The molecule has 0 aliphatic rings. The molecule has 0 aromatic rings. The lowest BCUT2D eigenvalue weighted by molar-refractivity contribution is 1.07. The van der Waals surface area contributed by atoms with E-state index in [4.69, 9.17) is 0 Å². The van der Waals surface area contributed by atoms with Gasteiger partial charge < -0.3 is 5.32 Å². The van der Waals surface area contributed by atoms with Gasteiger partial charge in [0.1, 0.15) is 0 Å². The fourth-order valence-corrected chi connectivity index (χ4v) is 1.97. The molecule has 0 saturated heterocycles. The van der Waals surface area contributed by atoms with Crippen LogP contribution >= 0.6 is 0 Å². The lowest BCUT2D eigenvalue weighted by Crippen LogP contribution is -2.02. The van der Waals surface area contributed by atoms with E-state index in [1.807, 2.05) is 73.9 Å². The van der Waals surface area contributed by atoms with Crippen molar-refractivity contribution in [1.82, 2.24) is 5.32 Å². The summed E-state index contributed by atoms with van der Waals surface area (Å²) in [6.45, 7) is 28.3. The van der Waals surface area contributed by atoms with E-state index in [1.54, 1.807) is 0 Å². The first-order valence-corrected chi connectivity index (χ1v) is 8.09. The summed E-state index contributed by atoms with van der Waals surface area (Å²) in [4.78, 5) is 0. The molecule has 0 radical (unpaired) electrons. The topological polar surface area (TPSA) is 12.0 Å². The minimum absolute atomic E-state index is 0.965. The molecule has 0 aromatic carbocycles. The van der Waals surface area contributed by atoms with Crippen LogP contribution < -0.4 is 5.32 Å². The van der Waals surface area contributed by atoms with Crippen LogP contribution in [0.15, 0.2) is 71.5 Å². The maximum atomic E-state index is 4.12. The summed E-state index contributed by atoms with van der Waals surface area (Å²) in [5, 5.41) is 3.05. The van der Waals surface area contributed by atoms with Crippen molar-refractivity contribution in [2.45, 2.75) is 55.4 Å². The van der Waals surface area contributed by atoms with Gasteiger partial charge in [-0.3, -0.25) is 0 Å². The summed E-state index contributed by atoms with van der Waals surface area (Å²) < 4.78 is 0. The minimum atomic E-state index is 0.965. The van der Waals surface area contributed by atoms with Gasteiger partial charge in [-0.1, -0.05) is 65.2 Å². The Morgan fingerprint density at radius 1 is 0.818 bits per heavy atom. The van der Waals surface area contributed by atoms with Gasteiger partial charge in [0.15, 0.2) is 0 Å². The summed E-state index contributed by atoms with van der Waals surface area (Å²) in [6, 6.07) is 0. The van der Waals surface area contributed by atoms with Crippen LogP contribution in [0, 0.1) is 0 Å². The average Bonchev–Trinajstić information content (AvgIpc) is 2.48. The predicted octanol–water partition coefficient (Wildman–Crippen LogP) is 6.74. The highest BCUT2D eigenvalue weighted by Gasteiger charge is 2.12. The van der Waals surface area contributed by atoms with Gasteiger partial charge in [0, 0.05) is 7.05 Å². The maximum absolute atomic E-state index is 4.12. The molecule has 1 nitrogen and oxygen atoms in total. The lowest BCUT2D eigenvalue weighted by Gasteiger charge is -2.17. The molecule has 22 heavy (non-hydrogen) atoms. The molecule has 0 bridgehead atoms. The average molecular weight is 304 g/mol. The van der Waals surface area contributed by atoms with E-state index in [0.717, 1.165) is 33.4 Å². The van der Waals surface area contributed by atoms with Crippen LogP contribution in [0.5, 0.6) is 0 Å². The van der Waals surface area contributed by atoms with Crippen molar-refractivity contribution >= 4 is 0 Å². The van der Waals surface area contributed by atoms with Crippen LogP contribution in [0.25, 0.3) is 0 Å². The SMILES string of the molecule is C=C(C)/C(C(=C)/C=C\C)=C(C(=C)C)\C(C)=C/NC.CC.CC. The lowest BCUT2D eigenvalue weighted by atomic mass is 9.88. The molecule has 0 fully saturated rings. The molecule has 0 atom stereocenters. The third kappa shape index (κ3) is 9.23. The zero-order valence-electron chi connectivity index (χ0n) is 16.4. The number of hydrogen-bond acceptors (Lipinski definition) is 1. The predicted molar refractivity (Wildman–Crippen MR) is 106 cm³/mol. The molecule has 0 spiro atoms. The summed E-state index contributed by atoms with van der Waals surface area (Å²) >= 11 is 0. The summed E-state index contributed by atoms with van der Waals surface area (Å²) in [7, 11) is 1.89.